The van der Waals surface area contributed by atoms with Crippen molar-refractivity contribution in [2.45, 2.75) is 38.2 Å². The van der Waals surface area contributed by atoms with Crippen molar-refractivity contribution in [3.8, 4) is 5.75 Å². The topological polar surface area (TPSA) is 81.9 Å². The molecule has 1 aliphatic heterocycles. The number of piperidine rings is 1. The van der Waals surface area contributed by atoms with Crippen molar-refractivity contribution in [3.63, 3.8) is 0 Å². The van der Waals surface area contributed by atoms with Gasteiger partial charge in [-0.25, -0.2) is 9.78 Å². The fourth-order valence-electron chi connectivity index (χ4n) is 3.72. The van der Waals surface area contributed by atoms with E-state index in [4.69, 9.17) is 13.9 Å². The van der Waals surface area contributed by atoms with Gasteiger partial charge in [-0.15, -0.1) is 0 Å². The molecule has 0 bridgehead atoms. The number of carbonyl (C=O) groups is 2. The lowest BCUT2D eigenvalue weighted by molar-refractivity contribution is -0.158. The van der Waals surface area contributed by atoms with Crippen LogP contribution in [-0.2, 0) is 14.3 Å². The van der Waals surface area contributed by atoms with Crippen LogP contribution in [0.5, 0.6) is 5.75 Å². The van der Waals surface area contributed by atoms with Crippen LogP contribution in [-0.4, -0.2) is 47.6 Å². The van der Waals surface area contributed by atoms with Crippen molar-refractivity contribution in [3.05, 3.63) is 60.5 Å². The molecule has 31 heavy (non-hydrogen) atoms. The Labute approximate surface area is 181 Å². The van der Waals surface area contributed by atoms with E-state index in [9.17, 15) is 9.59 Å². The number of hydrogen-bond donors (Lipinski definition) is 0. The van der Waals surface area contributed by atoms with Crippen LogP contribution in [0.2, 0.25) is 0 Å². The van der Waals surface area contributed by atoms with Gasteiger partial charge < -0.3 is 18.8 Å². The third kappa shape index (κ3) is 5.05. The number of hydrogen-bond acceptors (Lipinski definition) is 6. The summed E-state index contributed by atoms with van der Waals surface area (Å²) in [5.74, 6) is 0.783. The van der Waals surface area contributed by atoms with Crippen molar-refractivity contribution in [2.24, 2.45) is 0 Å². The van der Waals surface area contributed by atoms with Gasteiger partial charge in [0.2, 0.25) is 0 Å². The largest absolute Gasteiger partial charge is 0.479 e. The van der Waals surface area contributed by atoms with Gasteiger partial charge in [0.1, 0.15) is 11.3 Å². The van der Waals surface area contributed by atoms with Crippen LogP contribution in [0.15, 0.2) is 59.0 Å². The number of fused-ring (bicyclic) bond motifs is 1. The maximum atomic E-state index is 12.5. The number of carbonyl (C=O) groups excluding carboxylic acids is 2. The van der Waals surface area contributed by atoms with Gasteiger partial charge in [0.05, 0.1) is 0 Å². The first-order valence-electron chi connectivity index (χ1n) is 10.7. The smallest absolute Gasteiger partial charge is 0.347 e. The van der Waals surface area contributed by atoms with Gasteiger partial charge in [-0.05, 0) is 43.5 Å². The number of esters is 1. The predicted octanol–water partition coefficient (Wildman–Crippen LogP) is 3.93. The van der Waals surface area contributed by atoms with Gasteiger partial charge in [0, 0.05) is 19.0 Å². The number of rotatable bonds is 7. The second-order valence-electron chi connectivity index (χ2n) is 7.61. The highest BCUT2D eigenvalue weighted by molar-refractivity contribution is 5.82. The summed E-state index contributed by atoms with van der Waals surface area (Å²) in [5, 5.41) is 0. The molecule has 0 N–H and O–H groups in total. The quantitative estimate of drug-likeness (QED) is 0.537. The van der Waals surface area contributed by atoms with Crippen molar-refractivity contribution in [1.29, 1.82) is 0 Å². The first-order valence-corrected chi connectivity index (χ1v) is 10.7. The number of nitrogens with zero attached hydrogens (tertiary/aromatic N) is 2. The standard InChI is InChI=1S/C24H26N2O5/c1-2-20(30-18-8-4-3-5-9-18)24(28)29-16-22(27)26-14-12-17(13-15-26)23-25-19-10-6-7-11-21(19)31-23/h3-11,17,20H,2,12-16H2,1H3/t20-/m0/s1. The molecule has 0 saturated carbocycles. The first-order chi connectivity index (χ1) is 15.1. The predicted molar refractivity (Wildman–Crippen MR) is 115 cm³/mol. The van der Waals surface area contributed by atoms with Crippen LogP contribution in [0, 0.1) is 0 Å². The molecule has 1 fully saturated rings. The van der Waals surface area contributed by atoms with E-state index in [-0.39, 0.29) is 18.4 Å². The normalized spacial score (nSPS) is 15.6. The Kier molecular flexibility index (Phi) is 6.50. The van der Waals surface area contributed by atoms with Gasteiger partial charge in [0.15, 0.2) is 24.2 Å². The van der Waals surface area contributed by atoms with Crippen LogP contribution in [0.3, 0.4) is 0 Å². The molecule has 7 heteroatoms. The molecule has 1 amide bonds. The molecule has 1 saturated heterocycles. The molecule has 0 radical (unpaired) electrons. The summed E-state index contributed by atoms with van der Waals surface area (Å²) in [5.41, 5.74) is 1.64. The Hall–Kier alpha value is -3.35. The number of likely N-dealkylation sites (tertiary alicyclic amines) is 1. The maximum Gasteiger partial charge on any atom is 0.347 e. The maximum absolute atomic E-state index is 12.5. The molecule has 1 aliphatic rings. The average Bonchev–Trinajstić information content (AvgIpc) is 3.26. The lowest BCUT2D eigenvalue weighted by atomic mass is 9.97. The van der Waals surface area contributed by atoms with E-state index >= 15 is 0 Å². The monoisotopic (exact) mass is 422 g/mol. The SMILES string of the molecule is CC[C@H](Oc1ccccc1)C(=O)OCC(=O)N1CCC(c2nc3ccccc3o2)CC1. The lowest BCUT2D eigenvalue weighted by Gasteiger charge is -2.30. The molecule has 2 heterocycles. The van der Waals surface area contributed by atoms with Crippen LogP contribution >= 0.6 is 0 Å². The molecule has 162 valence electrons. The highest BCUT2D eigenvalue weighted by Gasteiger charge is 2.28. The third-order valence-corrected chi connectivity index (χ3v) is 5.50. The van der Waals surface area contributed by atoms with E-state index in [1.165, 1.54) is 0 Å². The molecule has 4 rings (SSSR count). The Morgan fingerprint density at radius 2 is 1.81 bits per heavy atom. The summed E-state index contributed by atoms with van der Waals surface area (Å²) in [6, 6.07) is 16.8. The number of oxazole rings is 1. The number of aromatic nitrogens is 1. The molecule has 1 aromatic heterocycles. The molecule has 0 unspecified atom stereocenters. The zero-order chi connectivity index (χ0) is 21.6. The Morgan fingerprint density at radius 3 is 2.52 bits per heavy atom. The Balaban J connectivity index is 1.25. The summed E-state index contributed by atoms with van der Waals surface area (Å²) >= 11 is 0. The van der Waals surface area contributed by atoms with Crippen LogP contribution in [0.1, 0.15) is 38.0 Å². The molecule has 0 spiro atoms. The van der Waals surface area contributed by atoms with Gasteiger partial charge in [-0.2, -0.15) is 0 Å². The van der Waals surface area contributed by atoms with E-state index in [2.05, 4.69) is 4.98 Å². The summed E-state index contributed by atoms with van der Waals surface area (Å²) in [4.78, 5) is 31.2. The van der Waals surface area contributed by atoms with E-state index in [1.54, 1.807) is 17.0 Å². The van der Waals surface area contributed by atoms with E-state index in [0.717, 1.165) is 29.8 Å². The van der Waals surface area contributed by atoms with Gasteiger partial charge >= 0.3 is 5.97 Å². The molecule has 1 atom stereocenters. The molecule has 0 aliphatic carbocycles. The number of para-hydroxylation sites is 3. The highest BCUT2D eigenvalue weighted by atomic mass is 16.6. The van der Waals surface area contributed by atoms with E-state index < -0.39 is 12.1 Å². The Morgan fingerprint density at radius 1 is 1.10 bits per heavy atom. The summed E-state index contributed by atoms with van der Waals surface area (Å²) in [6.07, 6.45) is 1.25. The molecular weight excluding hydrogens is 396 g/mol. The van der Waals surface area contributed by atoms with E-state index in [1.807, 2.05) is 49.4 Å². The fourth-order valence-corrected chi connectivity index (χ4v) is 3.72. The van der Waals surface area contributed by atoms with Gasteiger partial charge in [-0.3, -0.25) is 4.79 Å². The van der Waals surface area contributed by atoms with Crippen LogP contribution < -0.4 is 4.74 Å². The minimum Gasteiger partial charge on any atom is -0.479 e. The van der Waals surface area contributed by atoms with E-state index in [0.29, 0.717) is 25.3 Å². The summed E-state index contributed by atoms with van der Waals surface area (Å²) in [6.45, 7) is 2.73. The minimum atomic E-state index is -0.736. The molecule has 3 aromatic rings. The highest BCUT2D eigenvalue weighted by Crippen LogP contribution is 2.29. The lowest BCUT2D eigenvalue weighted by Crippen LogP contribution is -2.41. The zero-order valence-electron chi connectivity index (χ0n) is 17.5. The van der Waals surface area contributed by atoms with Crippen molar-refractivity contribution in [2.75, 3.05) is 19.7 Å². The minimum absolute atomic E-state index is 0.183. The molecule has 2 aromatic carbocycles. The van der Waals surface area contributed by atoms with Crippen molar-refractivity contribution >= 4 is 23.0 Å². The summed E-state index contributed by atoms with van der Waals surface area (Å²) < 4.78 is 16.8. The average molecular weight is 422 g/mol. The van der Waals surface area contributed by atoms with Crippen LogP contribution in [0.25, 0.3) is 11.1 Å². The van der Waals surface area contributed by atoms with Crippen molar-refractivity contribution < 1.29 is 23.5 Å². The Bertz CT molecular complexity index is 992. The van der Waals surface area contributed by atoms with Gasteiger partial charge in [0.25, 0.3) is 5.91 Å². The fraction of sp³-hybridized carbons (Fsp3) is 0.375. The first kappa shape index (κ1) is 20.9. The third-order valence-electron chi connectivity index (χ3n) is 5.50. The number of benzene rings is 2. The number of amides is 1. The molecule has 7 nitrogen and oxygen atoms in total. The zero-order valence-corrected chi connectivity index (χ0v) is 17.5. The second kappa shape index (κ2) is 9.64. The van der Waals surface area contributed by atoms with Crippen LogP contribution in [0.4, 0.5) is 0 Å². The second-order valence-corrected chi connectivity index (χ2v) is 7.61. The summed E-state index contributed by atoms with van der Waals surface area (Å²) in [7, 11) is 0. The molecular formula is C24H26N2O5. The number of ether oxygens (including phenoxy) is 2. The van der Waals surface area contributed by atoms with Gasteiger partial charge in [-0.1, -0.05) is 37.3 Å². The van der Waals surface area contributed by atoms with Crippen molar-refractivity contribution in [1.82, 2.24) is 9.88 Å².